The van der Waals surface area contributed by atoms with E-state index in [9.17, 15) is 9.59 Å². The van der Waals surface area contributed by atoms with Crippen LogP contribution in [0.4, 0.5) is 0 Å². The van der Waals surface area contributed by atoms with E-state index in [1.807, 2.05) is 12.1 Å². The molecule has 3 rings (SSSR count). The highest BCUT2D eigenvalue weighted by atomic mass is 35.5. The Bertz CT molecular complexity index is 911. The van der Waals surface area contributed by atoms with Gasteiger partial charge in [-0.05, 0) is 42.0 Å². The molecule has 1 saturated heterocycles. The number of halogens is 2. The van der Waals surface area contributed by atoms with Crippen LogP contribution in [0.3, 0.4) is 0 Å². The van der Waals surface area contributed by atoms with Crippen LogP contribution in [0.5, 0.6) is 0 Å². The fourth-order valence-electron chi connectivity index (χ4n) is 3.22. The molecular formula is C22H24Cl2N2O4S. The Morgan fingerprint density at radius 2 is 1.94 bits per heavy atom. The number of rotatable bonds is 9. The van der Waals surface area contributed by atoms with Crippen LogP contribution in [0, 0.1) is 0 Å². The molecule has 0 unspecified atom stereocenters. The molecule has 9 heteroatoms. The van der Waals surface area contributed by atoms with Gasteiger partial charge in [0.1, 0.15) is 0 Å². The van der Waals surface area contributed by atoms with Gasteiger partial charge >= 0.3 is 5.97 Å². The van der Waals surface area contributed by atoms with Gasteiger partial charge in [0.15, 0.2) is 0 Å². The first-order valence-electron chi connectivity index (χ1n) is 9.91. The Balaban J connectivity index is 1.36. The lowest BCUT2D eigenvalue weighted by Gasteiger charge is -2.33. The summed E-state index contributed by atoms with van der Waals surface area (Å²) >= 11 is 13.6. The number of benzene rings is 2. The number of thioether (sulfide) groups is 1. The molecule has 6 nitrogen and oxygen atoms in total. The van der Waals surface area contributed by atoms with Crippen LogP contribution in [0.15, 0.2) is 47.4 Å². The van der Waals surface area contributed by atoms with Crippen molar-refractivity contribution in [1.82, 2.24) is 10.2 Å². The molecule has 1 aliphatic rings. The molecule has 0 radical (unpaired) electrons. The maximum absolute atomic E-state index is 12.2. The van der Waals surface area contributed by atoms with E-state index in [1.165, 1.54) is 11.8 Å². The Kier molecular flexibility index (Phi) is 9.04. The van der Waals surface area contributed by atoms with Crippen LogP contribution in [-0.4, -0.2) is 60.0 Å². The largest absolute Gasteiger partial charge is 0.478 e. The zero-order valence-electron chi connectivity index (χ0n) is 16.9. The van der Waals surface area contributed by atoms with Crippen LogP contribution >= 0.6 is 35.0 Å². The smallest absolute Gasteiger partial charge is 0.335 e. The number of morpholine rings is 1. The SMILES string of the molecule is O=C(CCSc1ccc(C(=O)O)cc1)NC[C@H]1CN(Cc2ccc(Cl)c(Cl)c2)CCO1. The van der Waals surface area contributed by atoms with Crippen LogP contribution in [0.2, 0.25) is 10.0 Å². The van der Waals surface area contributed by atoms with Gasteiger partial charge < -0.3 is 15.2 Å². The van der Waals surface area contributed by atoms with Crippen molar-refractivity contribution in [2.45, 2.75) is 24.0 Å². The summed E-state index contributed by atoms with van der Waals surface area (Å²) in [6.07, 6.45) is 0.321. The van der Waals surface area contributed by atoms with Crippen molar-refractivity contribution >= 4 is 46.8 Å². The second kappa shape index (κ2) is 11.7. The van der Waals surface area contributed by atoms with E-state index in [0.29, 0.717) is 35.4 Å². The van der Waals surface area contributed by atoms with E-state index >= 15 is 0 Å². The molecule has 0 aromatic heterocycles. The minimum atomic E-state index is -0.948. The van der Waals surface area contributed by atoms with E-state index in [0.717, 1.165) is 30.1 Å². The Morgan fingerprint density at radius 1 is 1.16 bits per heavy atom. The summed E-state index contributed by atoms with van der Waals surface area (Å²) in [5, 5.41) is 13.0. The lowest BCUT2D eigenvalue weighted by Crippen LogP contribution is -2.47. The second-order valence-electron chi connectivity index (χ2n) is 7.21. The lowest BCUT2D eigenvalue weighted by molar-refractivity contribution is -0.121. The molecule has 1 fully saturated rings. The number of aromatic carboxylic acids is 1. The molecule has 0 spiro atoms. The predicted molar refractivity (Wildman–Crippen MR) is 123 cm³/mol. The Morgan fingerprint density at radius 3 is 2.65 bits per heavy atom. The lowest BCUT2D eigenvalue weighted by atomic mass is 10.2. The molecule has 1 amide bonds. The topological polar surface area (TPSA) is 78.9 Å². The number of nitrogens with one attached hydrogen (secondary N) is 1. The molecule has 0 bridgehead atoms. The molecule has 2 N–H and O–H groups in total. The minimum Gasteiger partial charge on any atom is -0.478 e. The highest BCUT2D eigenvalue weighted by Gasteiger charge is 2.21. The average Bonchev–Trinajstić information content (AvgIpc) is 2.75. The third kappa shape index (κ3) is 7.70. The molecule has 1 aliphatic heterocycles. The zero-order chi connectivity index (χ0) is 22.2. The molecule has 1 atom stereocenters. The van der Waals surface area contributed by atoms with Gasteiger partial charge in [-0.15, -0.1) is 11.8 Å². The maximum Gasteiger partial charge on any atom is 0.335 e. The van der Waals surface area contributed by atoms with Gasteiger partial charge in [0.05, 0.1) is 28.3 Å². The zero-order valence-corrected chi connectivity index (χ0v) is 19.2. The van der Waals surface area contributed by atoms with Crippen molar-refractivity contribution in [2.24, 2.45) is 0 Å². The molecule has 31 heavy (non-hydrogen) atoms. The van der Waals surface area contributed by atoms with Crippen LogP contribution in [0.1, 0.15) is 22.3 Å². The third-order valence-corrected chi connectivity index (χ3v) is 6.59. The summed E-state index contributed by atoms with van der Waals surface area (Å²) in [6.45, 7) is 3.38. The summed E-state index contributed by atoms with van der Waals surface area (Å²) in [5.41, 5.74) is 1.34. The van der Waals surface area contributed by atoms with E-state index in [4.69, 9.17) is 33.0 Å². The standard InChI is InChI=1S/C22H24Cl2N2O4S/c23-19-6-1-15(11-20(19)24)13-26-8-9-30-17(14-26)12-25-21(27)7-10-31-18-4-2-16(3-5-18)22(28)29/h1-6,11,17H,7-10,12-14H2,(H,25,27)(H,28,29)/t17-/m0/s1. The highest BCUT2D eigenvalue weighted by Crippen LogP contribution is 2.24. The van der Waals surface area contributed by atoms with Crippen molar-refractivity contribution < 1.29 is 19.4 Å². The average molecular weight is 483 g/mol. The van der Waals surface area contributed by atoms with Crippen molar-refractivity contribution in [3.63, 3.8) is 0 Å². The first-order chi connectivity index (χ1) is 14.9. The molecule has 2 aromatic rings. The van der Waals surface area contributed by atoms with Crippen LogP contribution < -0.4 is 5.32 Å². The Hall–Kier alpha value is -1.77. The monoisotopic (exact) mass is 482 g/mol. The number of ether oxygens (including phenoxy) is 1. The van der Waals surface area contributed by atoms with Crippen molar-refractivity contribution in [1.29, 1.82) is 0 Å². The van der Waals surface area contributed by atoms with Crippen LogP contribution in [-0.2, 0) is 16.1 Å². The molecule has 0 saturated carbocycles. The van der Waals surface area contributed by atoms with Gasteiger partial charge in [-0.3, -0.25) is 9.69 Å². The molecule has 2 aromatic carbocycles. The van der Waals surface area contributed by atoms with Gasteiger partial charge in [0.25, 0.3) is 0 Å². The summed E-state index contributed by atoms with van der Waals surface area (Å²) in [7, 11) is 0. The molecule has 166 valence electrons. The third-order valence-electron chi connectivity index (χ3n) is 4.84. The van der Waals surface area contributed by atoms with Gasteiger partial charge in [0, 0.05) is 43.2 Å². The molecule has 1 heterocycles. The minimum absolute atomic E-state index is 0.0279. The summed E-state index contributed by atoms with van der Waals surface area (Å²) < 4.78 is 5.79. The molecular weight excluding hydrogens is 459 g/mol. The van der Waals surface area contributed by atoms with E-state index in [-0.39, 0.29) is 17.6 Å². The normalized spacial score (nSPS) is 16.8. The van der Waals surface area contributed by atoms with Gasteiger partial charge in [-0.25, -0.2) is 4.79 Å². The number of hydrogen-bond acceptors (Lipinski definition) is 5. The number of carboxylic acid groups (broad SMARTS) is 1. The van der Waals surface area contributed by atoms with Crippen LogP contribution in [0.25, 0.3) is 0 Å². The number of hydrogen-bond donors (Lipinski definition) is 2. The molecule has 0 aliphatic carbocycles. The quantitative estimate of drug-likeness (QED) is 0.521. The van der Waals surface area contributed by atoms with Gasteiger partial charge in [-0.1, -0.05) is 29.3 Å². The van der Waals surface area contributed by atoms with Gasteiger partial charge in [-0.2, -0.15) is 0 Å². The first-order valence-corrected chi connectivity index (χ1v) is 11.7. The van der Waals surface area contributed by atoms with Crippen molar-refractivity contribution in [3.05, 3.63) is 63.6 Å². The maximum atomic E-state index is 12.2. The van der Waals surface area contributed by atoms with E-state index < -0.39 is 5.97 Å². The van der Waals surface area contributed by atoms with E-state index in [2.05, 4.69) is 10.2 Å². The number of nitrogens with zero attached hydrogens (tertiary/aromatic N) is 1. The van der Waals surface area contributed by atoms with E-state index in [1.54, 1.807) is 30.3 Å². The first kappa shape index (κ1) is 23.9. The van der Waals surface area contributed by atoms with Gasteiger partial charge in [0.2, 0.25) is 5.91 Å². The summed E-state index contributed by atoms with van der Waals surface area (Å²) in [4.78, 5) is 26.2. The summed E-state index contributed by atoms with van der Waals surface area (Å²) in [5.74, 6) is -0.357. The fourth-order valence-corrected chi connectivity index (χ4v) is 4.39. The summed E-state index contributed by atoms with van der Waals surface area (Å²) in [6, 6.07) is 12.3. The number of carboxylic acids is 1. The fraction of sp³-hybridized carbons (Fsp3) is 0.364. The number of amides is 1. The second-order valence-corrected chi connectivity index (χ2v) is 9.19. The van der Waals surface area contributed by atoms with Crippen molar-refractivity contribution in [3.8, 4) is 0 Å². The van der Waals surface area contributed by atoms with Crippen molar-refractivity contribution in [2.75, 3.05) is 32.0 Å². The number of carbonyl (C=O) groups is 2. The number of carbonyl (C=O) groups excluding carboxylic acids is 1. The predicted octanol–water partition coefficient (Wildman–Crippen LogP) is 4.19. The highest BCUT2D eigenvalue weighted by molar-refractivity contribution is 7.99. The Labute approximate surface area is 195 Å².